The highest BCUT2D eigenvalue weighted by Crippen LogP contribution is 2.21. The third kappa shape index (κ3) is 5.13. The number of nitrogens with one attached hydrogen (secondary N) is 1. The Kier molecular flexibility index (Phi) is 5.76. The predicted molar refractivity (Wildman–Crippen MR) is 84.2 cm³/mol. The summed E-state index contributed by atoms with van der Waals surface area (Å²) in [4.78, 5) is 24.9. The molecule has 1 aromatic carbocycles. The second-order valence-electron chi connectivity index (χ2n) is 5.26. The standard InChI is InChI=1S/C15H19BrN2O3/c16-12-2-1-3-13(10-12)17-15(21)11-4-7-18(8-5-11)9-6-14(19)20/h1-3,10-11H,4-9H2,(H,17,21)(H,19,20). The molecule has 114 valence electrons. The van der Waals surface area contributed by atoms with Gasteiger partial charge in [-0.15, -0.1) is 0 Å². The molecule has 2 N–H and O–H groups in total. The van der Waals surface area contributed by atoms with E-state index in [9.17, 15) is 9.59 Å². The van der Waals surface area contributed by atoms with Crippen LogP contribution in [-0.4, -0.2) is 41.5 Å². The van der Waals surface area contributed by atoms with Gasteiger partial charge in [0.15, 0.2) is 0 Å². The van der Waals surface area contributed by atoms with Crippen LogP contribution in [0.3, 0.4) is 0 Å². The molecular weight excluding hydrogens is 336 g/mol. The Balaban J connectivity index is 1.79. The number of rotatable bonds is 5. The summed E-state index contributed by atoms with van der Waals surface area (Å²) < 4.78 is 0.934. The zero-order valence-electron chi connectivity index (χ0n) is 11.7. The van der Waals surface area contributed by atoms with Crippen molar-refractivity contribution >= 4 is 33.5 Å². The zero-order valence-corrected chi connectivity index (χ0v) is 13.3. The van der Waals surface area contributed by atoms with Crippen LogP contribution in [0, 0.1) is 5.92 Å². The molecule has 21 heavy (non-hydrogen) atoms. The number of amides is 1. The number of hydrogen-bond donors (Lipinski definition) is 2. The summed E-state index contributed by atoms with van der Waals surface area (Å²) in [6, 6.07) is 7.54. The number of benzene rings is 1. The Morgan fingerprint density at radius 2 is 2.05 bits per heavy atom. The zero-order chi connectivity index (χ0) is 15.2. The van der Waals surface area contributed by atoms with Crippen molar-refractivity contribution in [1.82, 2.24) is 4.90 Å². The van der Waals surface area contributed by atoms with Crippen LogP contribution in [-0.2, 0) is 9.59 Å². The number of carbonyl (C=O) groups is 2. The van der Waals surface area contributed by atoms with E-state index >= 15 is 0 Å². The molecule has 0 bridgehead atoms. The lowest BCUT2D eigenvalue weighted by Crippen LogP contribution is -2.39. The molecule has 1 aliphatic rings. The molecule has 0 aromatic heterocycles. The fourth-order valence-corrected chi connectivity index (χ4v) is 2.88. The Morgan fingerprint density at radius 1 is 1.33 bits per heavy atom. The van der Waals surface area contributed by atoms with E-state index in [0.717, 1.165) is 36.1 Å². The molecular formula is C15H19BrN2O3. The van der Waals surface area contributed by atoms with Gasteiger partial charge in [-0.05, 0) is 44.1 Å². The Hall–Kier alpha value is -1.40. The maximum atomic E-state index is 12.2. The van der Waals surface area contributed by atoms with Crippen LogP contribution in [0.4, 0.5) is 5.69 Å². The largest absolute Gasteiger partial charge is 0.481 e. The molecule has 1 fully saturated rings. The van der Waals surface area contributed by atoms with Crippen LogP contribution in [0.1, 0.15) is 19.3 Å². The van der Waals surface area contributed by atoms with Crippen LogP contribution in [0.15, 0.2) is 28.7 Å². The first-order valence-corrected chi connectivity index (χ1v) is 7.84. The third-order valence-corrected chi connectivity index (χ3v) is 4.19. The molecule has 0 spiro atoms. The number of carboxylic acids is 1. The van der Waals surface area contributed by atoms with E-state index < -0.39 is 5.97 Å². The summed E-state index contributed by atoms with van der Waals surface area (Å²) in [5, 5.41) is 11.6. The Labute approximate surface area is 132 Å². The minimum Gasteiger partial charge on any atom is -0.481 e. The van der Waals surface area contributed by atoms with Gasteiger partial charge in [0.2, 0.25) is 5.91 Å². The highest BCUT2D eigenvalue weighted by Gasteiger charge is 2.25. The second-order valence-corrected chi connectivity index (χ2v) is 6.17. The molecule has 0 radical (unpaired) electrons. The van der Waals surface area contributed by atoms with Crippen LogP contribution in [0.25, 0.3) is 0 Å². The number of halogens is 1. The molecule has 0 saturated carbocycles. The lowest BCUT2D eigenvalue weighted by atomic mass is 9.95. The van der Waals surface area contributed by atoms with E-state index in [1.807, 2.05) is 24.3 Å². The maximum Gasteiger partial charge on any atom is 0.304 e. The molecule has 0 atom stereocenters. The molecule has 1 aromatic rings. The van der Waals surface area contributed by atoms with Crippen molar-refractivity contribution in [1.29, 1.82) is 0 Å². The van der Waals surface area contributed by atoms with Crippen molar-refractivity contribution in [3.05, 3.63) is 28.7 Å². The van der Waals surface area contributed by atoms with E-state index in [1.54, 1.807) is 0 Å². The van der Waals surface area contributed by atoms with Crippen molar-refractivity contribution in [3.8, 4) is 0 Å². The minimum atomic E-state index is -0.774. The average Bonchev–Trinajstić information content (AvgIpc) is 2.45. The van der Waals surface area contributed by atoms with Gasteiger partial charge in [-0.25, -0.2) is 0 Å². The summed E-state index contributed by atoms with van der Waals surface area (Å²) in [7, 11) is 0. The van der Waals surface area contributed by atoms with Crippen molar-refractivity contribution in [2.75, 3.05) is 25.0 Å². The number of hydrogen-bond acceptors (Lipinski definition) is 3. The Morgan fingerprint density at radius 3 is 2.67 bits per heavy atom. The number of piperidine rings is 1. The van der Waals surface area contributed by atoms with E-state index in [1.165, 1.54) is 0 Å². The van der Waals surface area contributed by atoms with Gasteiger partial charge in [0.25, 0.3) is 0 Å². The van der Waals surface area contributed by atoms with Gasteiger partial charge in [0.1, 0.15) is 0 Å². The number of aliphatic carboxylic acids is 1. The second kappa shape index (κ2) is 7.56. The number of anilines is 1. The summed E-state index contributed by atoms with van der Waals surface area (Å²) >= 11 is 3.38. The summed E-state index contributed by atoms with van der Waals surface area (Å²) in [6.07, 6.45) is 1.72. The van der Waals surface area contributed by atoms with E-state index in [2.05, 4.69) is 26.1 Å². The van der Waals surface area contributed by atoms with Crippen LogP contribution >= 0.6 is 15.9 Å². The highest BCUT2D eigenvalue weighted by atomic mass is 79.9. The first kappa shape index (κ1) is 16.0. The maximum absolute atomic E-state index is 12.2. The summed E-state index contributed by atoms with van der Waals surface area (Å²) in [5.41, 5.74) is 0.794. The summed E-state index contributed by atoms with van der Waals surface area (Å²) in [6.45, 7) is 2.13. The van der Waals surface area contributed by atoms with E-state index in [4.69, 9.17) is 5.11 Å². The number of carboxylic acid groups (broad SMARTS) is 1. The lowest BCUT2D eigenvalue weighted by molar-refractivity contribution is -0.137. The number of likely N-dealkylation sites (tertiary alicyclic amines) is 1. The molecule has 1 heterocycles. The van der Waals surface area contributed by atoms with Crippen molar-refractivity contribution in [2.24, 2.45) is 5.92 Å². The van der Waals surface area contributed by atoms with Gasteiger partial charge in [-0.2, -0.15) is 0 Å². The van der Waals surface area contributed by atoms with Crippen LogP contribution in [0.5, 0.6) is 0 Å². The van der Waals surface area contributed by atoms with Gasteiger partial charge in [-0.3, -0.25) is 9.59 Å². The molecule has 0 unspecified atom stereocenters. The first-order valence-electron chi connectivity index (χ1n) is 7.05. The smallest absolute Gasteiger partial charge is 0.304 e. The van der Waals surface area contributed by atoms with E-state index in [-0.39, 0.29) is 18.2 Å². The fourth-order valence-electron chi connectivity index (χ4n) is 2.48. The van der Waals surface area contributed by atoms with E-state index in [0.29, 0.717) is 6.54 Å². The van der Waals surface area contributed by atoms with Gasteiger partial charge in [-0.1, -0.05) is 22.0 Å². The van der Waals surface area contributed by atoms with Crippen LogP contribution < -0.4 is 5.32 Å². The predicted octanol–water partition coefficient (Wildman–Crippen LogP) is 2.57. The number of nitrogens with zero attached hydrogens (tertiary/aromatic N) is 1. The SMILES string of the molecule is O=C(O)CCN1CCC(C(=O)Nc2cccc(Br)c2)CC1. The normalized spacial score (nSPS) is 16.6. The molecule has 0 aliphatic carbocycles. The van der Waals surface area contributed by atoms with Crippen molar-refractivity contribution in [2.45, 2.75) is 19.3 Å². The Bertz CT molecular complexity index is 513. The van der Waals surface area contributed by atoms with Gasteiger partial charge < -0.3 is 15.3 Å². The molecule has 1 saturated heterocycles. The van der Waals surface area contributed by atoms with Crippen molar-refractivity contribution < 1.29 is 14.7 Å². The average molecular weight is 355 g/mol. The first-order chi connectivity index (χ1) is 10.0. The molecule has 5 nitrogen and oxygen atoms in total. The van der Waals surface area contributed by atoms with Gasteiger partial charge in [0.05, 0.1) is 6.42 Å². The highest BCUT2D eigenvalue weighted by molar-refractivity contribution is 9.10. The summed E-state index contributed by atoms with van der Waals surface area (Å²) in [5.74, 6) is -0.722. The molecule has 2 rings (SSSR count). The van der Waals surface area contributed by atoms with Crippen LogP contribution in [0.2, 0.25) is 0 Å². The van der Waals surface area contributed by atoms with Crippen molar-refractivity contribution in [3.63, 3.8) is 0 Å². The minimum absolute atomic E-state index is 0.00468. The quantitative estimate of drug-likeness (QED) is 0.852. The third-order valence-electron chi connectivity index (χ3n) is 3.69. The molecule has 1 aliphatic heterocycles. The molecule has 1 amide bonds. The number of carbonyl (C=O) groups excluding carboxylic acids is 1. The lowest BCUT2D eigenvalue weighted by Gasteiger charge is -2.30. The van der Waals surface area contributed by atoms with Gasteiger partial charge in [0, 0.05) is 22.6 Å². The van der Waals surface area contributed by atoms with Gasteiger partial charge >= 0.3 is 5.97 Å². The monoisotopic (exact) mass is 354 g/mol. The molecule has 6 heteroatoms. The fraction of sp³-hybridized carbons (Fsp3) is 0.467. The topological polar surface area (TPSA) is 69.6 Å².